The van der Waals surface area contributed by atoms with Crippen molar-refractivity contribution in [3.05, 3.63) is 0 Å². The molecule has 2 N–H and O–H groups in total. The highest BCUT2D eigenvalue weighted by atomic mass is 32.2. The summed E-state index contributed by atoms with van der Waals surface area (Å²) >= 11 is 1.23. The highest BCUT2D eigenvalue weighted by Crippen LogP contribution is 2.21. The Kier molecular flexibility index (Phi) is 4.48. The summed E-state index contributed by atoms with van der Waals surface area (Å²) in [5, 5.41) is 0. The molecule has 13 heavy (non-hydrogen) atoms. The molecule has 1 heterocycles. The fourth-order valence-electron chi connectivity index (χ4n) is 1.66. The molecule has 0 radical (unpaired) electrons. The molecular weight excluding hydrogens is 186 g/mol. The van der Waals surface area contributed by atoms with Gasteiger partial charge in [-0.1, -0.05) is 0 Å². The molecule has 4 nitrogen and oxygen atoms in total. The highest BCUT2D eigenvalue weighted by Gasteiger charge is 2.27. The lowest BCUT2D eigenvalue weighted by molar-refractivity contribution is 0.255. The molecule has 0 saturated carbocycles. The molecule has 1 atom stereocenters. The molecule has 0 bridgehead atoms. The SMILES string of the molecule is CC(C)N1CCC(N(C)SON)C1. The predicted molar refractivity (Wildman–Crippen MR) is 55.7 cm³/mol. The van der Waals surface area contributed by atoms with Crippen LogP contribution in [0.2, 0.25) is 0 Å². The zero-order valence-corrected chi connectivity index (χ0v) is 9.38. The standard InChI is InChI=1S/C8H19N3OS/c1-7(2)11-5-4-8(6-11)10(3)13-12-9/h7-8H,4-6,9H2,1-3H3. The normalized spacial score (nSPS) is 24.9. The van der Waals surface area contributed by atoms with E-state index in [2.05, 4.69) is 27.3 Å². The van der Waals surface area contributed by atoms with Gasteiger partial charge in [0, 0.05) is 32.2 Å². The van der Waals surface area contributed by atoms with Crippen LogP contribution in [0.1, 0.15) is 20.3 Å². The van der Waals surface area contributed by atoms with Crippen LogP contribution < -0.4 is 5.90 Å². The molecule has 0 aromatic heterocycles. The van der Waals surface area contributed by atoms with Crippen molar-refractivity contribution in [2.75, 3.05) is 20.1 Å². The van der Waals surface area contributed by atoms with Gasteiger partial charge in [-0.15, -0.1) is 0 Å². The average Bonchev–Trinajstić information content (AvgIpc) is 2.52. The molecule has 1 aliphatic rings. The van der Waals surface area contributed by atoms with Gasteiger partial charge < -0.3 is 0 Å². The molecular formula is C8H19N3OS. The molecule has 0 spiro atoms. The molecule has 1 fully saturated rings. The third kappa shape index (κ3) is 3.11. The maximum absolute atomic E-state index is 5.00. The highest BCUT2D eigenvalue weighted by molar-refractivity contribution is 7.92. The third-order valence-electron chi connectivity index (χ3n) is 2.60. The minimum Gasteiger partial charge on any atom is -0.299 e. The Morgan fingerprint density at radius 1 is 1.62 bits per heavy atom. The lowest BCUT2D eigenvalue weighted by Crippen LogP contribution is -2.33. The molecule has 1 saturated heterocycles. The van der Waals surface area contributed by atoms with Gasteiger partial charge in [0.1, 0.15) is 12.2 Å². The van der Waals surface area contributed by atoms with Gasteiger partial charge >= 0.3 is 0 Å². The summed E-state index contributed by atoms with van der Waals surface area (Å²) in [7, 11) is 2.02. The Balaban J connectivity index is 2.31. The van der Waals surface area contributed by atoms with Gasteiger partial charge in [0.15, 0.2) is 0 Å². The van der Waals surface area contributed by atoms with Crippen molar-refractivity contribution in [3.63, 3.8) is 0 Å². The van der Waals surface area contributed by atoms with Crippen LogP contribution in [0, 0.1) is 0 Å². The van der Waals surface area contributed by atoms with E-state index in [1.807, 2.05) is 7.05 Å². The summed E-state index contributed by atoms with van der Waals surface area (Å²) in [4.78, 5) is 2.47. The molecule has 1 rings (SSSR count). The van der Waals surface area contributed by atoms with E-state index in [0.717, 1.165) is 6.54 Å². The molecule has 1 unspecified atom stereocenters. The largest absolute Gasteiger partial charge is 0.299 e. The summed E-state index contributed by atoms with van der Waals surface area (Å²) < 4.78 is 6.62. The monoisotopic (exact) mass is 205 g/mol. The van der Waals surface area contributed by atoms with Crippen LogP contribution in [-0.2, 0) is 4.28 Å². The van der Waals surface area contributed by atoms with Crippen LogP contribution in [0.15, 0.2) is 0 Å². The van der Waals surface area contributed by atoms with Crippen molar-refractivity contribution in [1.82, 2.24) is 9.21 Å². The average molecular weight is 205 g/mol. The topological polar surface area (TPSA) is 41.7 Å². The predicted octanol–water partition coefficient (Wildman–Crippen LogP) is 0.854. The van der Waals surface area contributed by atoms with Crippen LogP contribution in [0.4, 0.5) is 0 Å². The fourth-order valence-corrected chi connectivity index (χ4v) is 2.09. The van der Waals surface area contributed by atoms with E-state index in [9.17, 15) is 0 Å². The minimum atomic E-state index is 0.566. The zero-order chi connectivity index (χ0) is 9.84. The first-order valence-corrected chi connectivity index (χ1v) is 5.35. The minimum absolute atomic E-state index is 0.566. The lowest BCUT2D eigenvalue weighted by atomic mass is 10.3. The number of hydrogen-bond donors (Lipinski definition) is 1. The third-order valence-corrected chi connectivity index (χ3v) is 3.22. The second-order valence-electron chi connectivity index (χ2n) is 3.75. The number of hydrogen-bond acceptors (Lipinski definition) is 5. The molecule has 0 aromatic carbocycles. The van der Waals surface area contributed by atoms with Crippen molar-refractivity contribution in [2.45, 2.75) is 32.4 Å². The Labute approximate surface area is 84.7 Å². The van der Waals surface area contributed by atoms with E-state index in [1.54, 1.807) is 0 Å². The second-order valence-corrected chi connectivity index (χ2v) is 4.67. The van der Waals surface area contributed by atoms with Crippen molar-refractivity contribution >= 4 is 12.2 Å². The van der Waals surface area contributed by atoms with Crippen molar-refractivity contribution < 1.29 is 4.28 Å². The number of rotatable bonds is 4. The first-order valence-electron chi connectivity index (χ1n) is 4.65. The van der Waals surface area contributed by atoms with Crippen LogP contribution in [0.5, 0.6) is 0 Å². The summed E-state index contributed by atoms with van der Waals surface area (Å²) in [6, 6.07) is 1.21. The van der Waals surface area contributed by atoms with Crippen LogP contribution in [0.25, 0.3) is 0 Å². The molecule has 78 valence electrons. The van der Waals surface area contributed by atoms with Crippen LogP contribution in [0.3, 0.4) is 0 Å². The van der Waals surface area contributed by atoms with Gasteiger partial charge in [-0.25, -0.2) is 14.5 Å². The first kappa shape index (κ1) is 11.3. The Hall–Kier alpha value is 0.190. The smallest absolute Gasteiger partial charge is 0.104 e. The molecule has 5 heteroatoms. The Morgan fingerprint density at radius 3 is 2.77 bits per heavy atom. The first-order chi connectivity index (χ1) is 6.15. The van der Waals surface area contributed by atoms with Gasteiger partial charge in [-0.2, -0.15) is 0 Å². The van der Waals surface area contributed by atoms with Gasteiger partial charge in [0.05, 0.1) is 0 Å². The van der Waals surface area contributed by atoms with E-state index in [1.165, 1.54) is 25.2 Å². The van der Waals surface area contributed by atoms with Gasteiger partial charge in [0.2, 0.25) is 0 Å². The molecule has 0 aliphatic carbocycles. The maximum Gasteiger partial charge on any atom is 0.104 e. The van der Waals surface area contributed by atoms with Crippen molar-refractivity contribution in [3.8, 4) is 0 Å². The van der Waals surface area contributed by atoms with Crippen LogP contribution >= 0.6 is 12.2 Å². The van der Waals surface area contributed by atoms with Gasteiger partial charge in [0.25, 0.3) is 0 Å². The number of nitrogens with zero attached hydrogens (tertiary/aromatic N) is 2. The Bertz CT molecular complexity index is 156. The van der Waals surface area contributed by atoms with E-state index in [-0.39, 0.29) is 0 Å². The maximum atomic E-state index is 5.00. The van der Waals surface area contributed by atoms with Gasteiger partial charge in [-0.05, 0) is 20.3 Å². The number of likely N-dealkylation sites (tertiary alicyclic amines) is 1. The van der Waals surface area contributed by atoms with Crippen molar-refractivity contribution in [2.24, 2.45) is 5.90 Å². The van der Waals surface area contributed by atoms with Crippen LogP contribution in [-0.4, -0.2) is 41.4 Å². The number of nitrogens with two attached hydrogens (primary N) is 1. The molecule has 1 aliphatic heterocycles. The summed E-state index contributed by atoms with van der Waals surface area (Å²) in [6.07, 6.45) is 1.20. The second kappa shape index (κ2) is 5.17. The van der Waals surface area contributed by atoms with Gasteiger partial charge in [-0.3, -0.25) is 4.90 Å². The number of likely N-dealkylation sites (N-methyl/N-ethyl adjacent to an activating group) is 1. The summed E-state index contributed by atoms with van der Waals surface area (Å²) in [5.74, 6) is 5.00. The zero-order valence-electron chi connectivity index (χ0n) is 8.56. The lowest BCUT2D eigenvalue weighted by Gasteiger charge is -2.23. The van der Waals surface area contributed by atoms with E-state index < -0.39 is 0 Å². The quantitative estimate of drug-likeness (QED) is 0.419. The van der Waals surface area contributed by atoms with E-state index in [4.69, 9.17) is 5.90 Å². The van der Waals surface area contributed by atoms with Crippen molar-refractivity contribution in [1.29, 1.82) is 0 Å². The Morgan fingerprint density at radius 2 is 2.31 bits per heavy atom. The van der Waals surface area contributed by atoms with E-state index in [0.29, 0.717) is 12.1 Å². The summed E-state index contributed by atoms with van der Waals surface area (Å²) in [6.45, 7) is 6.76. The summed E-state index contributed by atoms with van der Waals surface area (Å²) in [5.41, 5.74) is 0. The molecule has 0 amide bonds. The molecule has 0 aromatic rings. The van der Waals surface area contributed by atoms with E-state index >= 15 is 0 Å². The fraction of sp³-hybridized carbons (Fsp3) is 1.00.